The summed E-state index contributed by atoms with van der Waals surface area (Å²) < 4.78 is 26.7. The topological polar surface area (TPSA) is 57.7 Å². The molecule has 2 aliphatic heterocycles. The lowest BCUT2D eigenvalue weighted by molar-refractivity contribution is 0.0583. The van der Waals surface area contributed by atoms with Crippen molar-refractivity contribution in [3.05, 3.63) is 35.4 Å². The molecule has 0 atom stereocenters. The number of carbonyl (C=O) groups is 1. The fourth-order valence-electron chi connectivity index (χ4n) is 3.97. The first-order valence-corrected chi connectivity index (χ1v) is 11.2. The predicted molar refractivity (Wildman–Crippen MR) is 103 cm³/mol. The molecule has 2 heterocycles. The first-order chi connectivity index (χ1) is 12.3. The van der Waals surface area contributed by atoms with Gasteiger partial charge in [-0.25, -0.2) is 12.7 Å². The van der Waals surface area contributed by atoms with E-state index in [1.54, 1.807) is 28.6 Å². The van der Waals surface area contributed by atoms with Crippen LogP contribution in [0.4, 0.5) is 0 Å². The molecule has 3 rings (SSSR count). The monoisotopic (exact) mass is 378 g/mol. The predicted octanol–water partition coefficient (Wildman–Crippen LogP) is 3.26. The number of piperidine rings is 2. The molecule has 0 saturated carbocycles. The number of hydrogen-bond donors (Lipinski definition) is 0. The second kappa shape index (κ2) is 7.69. The molecular formula is C20H30N2O3S. The van der Waals surface area contributed by atoms with Crippen LogP contribution < -0.4 is 0 Å². The summed E-state index contributed by atoms with van der Waals surface area (Å²) >= 11 is 0. The highest BCUT2D eigenvalue weighted by Gasteiger charge is 2.29. The zero-order valence-electron chi connectivity index (χ0n) is 15.9. The Morgan fingerprint density at radius 1 is 1.00 bits per heavy atom. The molecule has 5 nitrogen and oxygen atoms in total. The zero-order valence-corrected chi connectivity index (χ0v) is 16.7. The molecule has 0 aliphatic carbocycles. The Balaban J connectivity index is 1.65. The fraction of sp³-hybridized carbons (Fsp3) is 0.650. The average Bonchev–Trinajstić information content (AvgIpc) is 2.61. The molecule has 1 aromatic rings. The van der Waals surface area contributed by atoms with E-state index in [4.69, 9.17) is 0 Å². The van der Waals surface area contributed by atoms with Crippen LogP contribution in [0, 0.1) is 5.41 Å². The van der Waals surface area contributed by atoms with E-state index in [2.05, 4.69) is 13.8 Å². The number of hydrogen-bond acceptors (Lipinski definition) is 3. The van der Waals surface area contributed by atoms with E-state index in [-0.39, 0.29) is 17.1 Å². The Bertz CT molecular complexity index is 735. The van der Waals surface area contributed by atoms with Crippen LogP contribution in [0.15, 0.2) is 24.3 Å². The van der Waals surface area contributed by atoms with E-state index >= 15 is 0 Å². The number of amides is 1. The lowest BCUT2D eigenvalue weighted by atomic mass is 9.84. The summed E-state index contributed by atoms with van der Waals surface area (Å²) in [6.07, 6.45) is 5.17. The smallest absolute Gasteiger partial charge is 0.253 e. The van der Waals surface area contributed by atoms with Gasteiger partial charge in [-0.1, -0.05) is 32.4 Å². The maximum absolute atomic E-state index is 12.7. The fourth-order valence-corrected chi connectivity index (χ4v) is 5.58. The van der Waals surface area contributed by atoms with Crippen LogP contribution in [0.5, 0.6) is 0 Å². The van der Waals surface area contributed by atoms with Gasteiger partial charge in [0, 0.05) is 31.7 Å². The first kappa shape index (κ1) is 19.4. The van der Waals surface area contributed by atoms with Crippen molar-refractivity contribution in [3.63, 3.8) is 0 Å². The largest absolute Gasteiger partial charge is 0.338 e. The molecule has 0 aromatic heterocycles. The standard InChI is InChI=1S/C20H30N2O3S/c1-20(2)11-6-12-21(16-20)19(23)18-9-7-17(8-10-18)15-26(24,25)22-13-4-3-5-14-22/h7-10H,3-6,11-16H2,1-2H3. The minimum absolute atomic E-state index is 0.0121. The molecule has 1 amide bonds. The third-order valence-corrected chi connectivity index (χ3v) is 7.30. The Labute approximate surface area is 157 Å². The van der Waals surface area contributed by atoms with Gasteiger partial charge in [-0.15, -0.1) is 0 Å². The highest BCUT2D eigenvalue weighted by Crippen LogP contribution is 2.29. The number of sulfonamides is 1. The molecule has 0 unspecified atom stereocenters. The van der Waals surface area contributed by atoms with E-state index in [0.29, 0.717) is 18.7 Å². The van der Waals surface area contributed by atoms with E-state index < -0.39 is 10.0 Å². The minimum Gasteiger partial charge on any atom is -0.338 e. The summed E-state index contributed by atoms with van der Waals surface area (Å²) in [6, 6.07) is 7.10. The summed E-state index contributed by atoms with van der Waals surface area (Å²) in [5, 5.41) is 0. The number of benzene rings is 1. The van der Waals surface area contributed by atoms with Crippen LogP contribution in [0.1, 0.15) is 61.9 Å². The van der Waals surface area contributed by atoms with Gasteiger partial charge >= 0.3 is 0 Å². The summed E-state index contributed by atoms with van der Waals surface area (Å²) in [7, 11) is -3.27. The van der Waals surface area contributed by atoms with Crippen molar-refractivity contribution in [2.45, 2.75) is 51.7 Å². The number of likely N-dealkylation sites (tertiary alicyclic amines) is 1. The maximum Gasteiger partial charge on any atom is 0.253 e. The molecule has 0 N–H and O–H groups in total. The van der Waals surface area contributed by atoms with Crippen LogP contribution in [0.25, 0.3) is 0 Å². The third kappa shape index (κ3) is 4.65. The van der Waals surface area contributed by atoms with Crippen molar-refractivity contribution in [1.82, 2.24) is 9.21 Å². The van der Waals surface area contributed by atoms with Gasteiger partial charge in [0.25, 0.3) is 5.91 Å². The number of rotatable bonds is 4. The molecule has 1 aromatic carbocycles. The second-order valence-electron chi connectivity index (χ2n) is 8.41. The average molecular weight is 379 g/mol. The highest BCUT2D eigenvalue weighted by molar-refractivity contribution is 7.88. The van der Waals surface area contributed by atoms with E-state index in [9.17, 15) is 13.2 Å². The Hall–Kier alpha value is -1.40. The third-order valence-electron chi connectivity index (χ3n) is 5.45. The molecule has 6 heteroatoms. The van der Waals surface area contributed by atoms with Gasteiger partial charge in [0.1, 0.15) is 0 Å². The Morgan fingerprint density at radius 2 is 1.65 bits per heavy atom. The van der Waals surface area contributed by atoms with Gasteiger partial charge in [-0.3, -0.25) is 4.79 Å². The van der Waals surface area contributed by atoms with Gasteiger partial charge in [0.2, 0.25) is 10.0 Å². The van der Waals surface area contributed by atoms with Crippen molar-refractivity contribution < 1.29 is 13.2 Å². The van der Waals surface area contributed by atoms with Gasteiger partial charge in [0.15, 0.2) is 0 Å². The maximum atomic E-state index is 12.7. The lowest BCUT2D eigenvalue weighted by Gasteiger charge is -2.38. The molecule has 0 spiro atoms. The molecular weight excluding hydrogens is 348 g/mol. The van der Waals surface area contributed by atoms with E-state index in [1.807, 2.05) is 4.90 Å². The van der Waals surface area contributed by atoms with Gasteiger partial charge in [-0.2, -0.15) is 0 Å². The number of carbonyl (C=O) groups excluding carboxylic acids is 1. The molecule has 26 heavy (non-hydrogen) atoms. The van der Waals surface area contributed by atoms with Crippen molar-refractivity contribution in [1.29, 1.82) is 0 Å². The summed E-state index contributed by atoms with van der Waals surface area (Å²) in [6.45, 7) is 7.22. The zero-order chi connectivity index (χ0) is 18.8. The molecule has 0 radical (unpaired) electrons. The first-order valence-electron chi connectivity index (χ1n) is 9.63. The van der Waals surface area contributed by atoms with Crippen molar-refractivity contribution in [2.24, 2.45) is 5.41 Å². The van der Waals surface area contributed by atoms with Crippen LogP contribution >= 0.6 is 0 Å². The quantitative estimate of drug-likeness (QED) is 0.808. The van der Waals surface area contributed by atoms with Crippen LogP contribution in [-0.4, -0.2) is 49.7 Å². The molecule has 2 fully saturated rings. The minimum atomic E-state index is -3.27. The van der Waals surface area contributed by atoms with E-state index in [0.717, 1.165) is 50.8 Å². The molecule has 144 valence electrons. The van der Waals surface area contributed by atoms with Crippen LogP contribution in [0.2, 0.25) is 0 Å². The normalized spacial score (nSPS) is 21.5. The van der Waals surface area contributed by atoms with Gasteiger partial charge in [-0.05, 0) is 48.8 Å². The van der Waals surface area contributed by atoms with E-state index in [1.165, 1.54) is 0 Å². The highest BCUT2D eigenvalue weighted by atomic mass is 32.2. The molecule has 2 saturated heterocycles. The van der Waals surface area contributed by atoms with Gasteiger partial charge < -0.3 is 4.90 Å². The SMILES string of the molecule is CC1(C)CCCN(C(=O)c2ccc(CS(=O)(=O)N3CCCCC3)cc2)C1. The molecule has 2 aliphatic rings. The number of nitrogens with zero attached hydrogens (tertiary/aromatic N) is 2. The molecule has 0 bridgehead atoms. The Kier molecular flexibility index (Phi) is 5.72. The van der Waals surface area contributed by atoms with Crippen molar-refractivity contribution in [2.75, 3.05) is 26.2 Å². The van der Waals surface area contributed by atoms with Crippen molar-refractivity contribution in [3.8, 4) is 0 Å². The summed E-state index contributed by atoms with van der Waals surface area (Å²) in [4.78, 5) is 14.7. The lowest BCUT2D eigenvalue weighted by Crippen LogP contribution is -2.43. The second-order valence-corrected chi connectivity index (χ2v) is 10.4. The van der Waals surface area contributed by atoms with Crippen LogP contribution in [0.3, 0.4) is 0 Å². The Morgan fingerprint density at radius 3 is 2.27 bits per heavy atom. The summed E-state index contributed by atoms with van der Waals surface area (Å²) in [5.41, 5.74) is 1.55. The van der Waals surface area contributed by atoms with Crippen molar-refractivity contribution >= 4 is 15.9 Å². The van der Waals surface area contributed by atoms with Gasteiger partial charge in [0.05, 0.1) is 5.75 Å². The van der Waals surface area contributed by atoms with Crippen LogP contribution in [-0.2, 0) is 15.8 Å². The summed E-state index contributed by atoms with van der Waals surface area (Å²) in [5.74, 6) is 0.0568.